The summed E-state index contributed by atoms with van der Waals surface area (Å²) in [6.45, 7) is 0. The maximum absolute atomic E-state index is 11.9. The van der Waals surface area contributed by atoms with Crippen molar-refractivity contribution in [1.29, 1.82) is 0 Å². The predicted octanol–water partition coefficient (Wildman–Crippen LogP) is 7.49. The van der Waals surface area contributed by atoms with Gasteiger partial charge in [-0.2, -0.15) is 4.91 Å². The van der Waals surface area contributed by atoms with E-state index in [1.807, 2.05) is 24.3 Å². The normalized spacial score (nSPS) is 14.9. The van der Waals surface area contributed by atoms with Crippen molar-refractivity contribution < 1.29 is 14.3 Å². The molecule has 6 heteroatoms. The molecule has 0 aliphatic heterocycles. The molecule has 2 unspecified atom stereocenters. The second kappa shape index (κ2) is 10.5. The third-order valence-corrected chi connectivity index (χ3v) is 7.52. The molecular formula is C29H32N2O4. The van der Waals surface area contributed by atoms with Crippen LogP contribution in [-0.2, 0) is 24.1 Å². The van der Waals surface area contributed by atoms with Gasteiger partial charge in [-0.1, -0.05) is 54.8 Å². The first kappa shape index (κ1) is 23.3. The molecule has 0 fully saturated rings. The molecule has 6 nitrogen and oxygen atoms in total. The molecule has 0 saturated carbocycles. The number of carboxylic acid groups (broad SMARTS) is 1. The average molecular weight is 473 g/mol. The average Bonchev–Trinajstić information content (AvgIpc) is 3.57. The number of aromatic nitrogens is 1. The largest absolute Gasteiger partial charge is 0.481 e. The van der Waals surface area contributed by atoms with E-state index in [1.165, 1.54) is 22.0 Å². The van der Waals surface area contributed by atoms with Gasteiger partial charge < -0.3 is 14.5 Å². The second-order valence-electron chi connectivity index (χ2n) is 9.82. The molecule has 35 heavy (non-hydrogen) atoms. The second-order valence-corrected chi connectivity index (χ2v) is 9.82. The van der Waals surface area contributed by atoms with Crippen LogP contribution < -0.4 is 0 Å². The van der Waals surface area contributed by atoms with E-state index in [1.54, 1.807) is 0 Å². The van der Waals surface area contributed by atoms with Crippen molar-refractivity contribution in [2.75, 3.05) is 0 Å². The lowest BCUT2D eigenvalue weighted by Gasteiger charge is -2.16. The molecule has 0 spiro atoms. The standard InChI is InChI=1S/C29H32N2O4/c32-29(33)20(8-3-1-2-4-9-21-18-30-25-12-6-5-10-22(21)25)16-26(31-34)19-14-15-24-23-11-7-13-27(23)35-28(24)17-19/h5-6,10,12,14-15,17-18,20,26,30H,1-4,7-9,11,13,16H2,(H,32,33). The van der Waals surface area contributed by atoms with Gasteiger partial charge in [0.2, 0.25) is 0 Å². The highest BCUT2D eigenvalue weighted by atomic mass is 16.4. The summed E-state index contributed by atoms with van der Waals surface area (Å²) in [5.74, 6) is -0.389. The number of H-pyrrole nitrogens is 1. The van der Waals surface area contributed by atoms with Crippen LogP contribution >= 0.6 is 0 Å². The number of carboxylic acids is 1. The number of aryl methyl sites for hydroxylation is 3. The van der Waals surface area contributed by atoms with Crippen LogP contribution in [0.5, 0.6) is 0 Å². The van der Waals surface area contributed by atoms with Crippen molar-refractivity contribution in [1.82, 2.24) is 4.98 Å². The topological polar surface area (TPSA) is 95.7 Å². The van der Waals surface area contributed by atoms with Gasteiger partial charge in [-0.15, -0.1) is 0 Å². The maximum atomic E-state index is 11.9. The summed E-state index contributed by atoms with van der Waals surface area (Å²) in [6, 6.07) is 13.4. The molecule has 2 heterocycles. The lowest BCUT2D eigenvalue weighted by Crippen LogP contribution is -2.16. The summed E-state index contributed by atoms with van der Waals surface area (Å²) in [7, 11) is 0. The van der Waals surface area contributed by atoms with Crippen molar-refractivity contribution in [2.24, 2.45) is 11.1 Å². The van der Waals surface area contributed by atoms with Crippen molar-refractivity contribution in [3.05, 3.63) is 76.0 Å². The van der Waals surface area contributed by atoms with Gasteiger partial charge in [-0.25, -0.2) is 0 Å². The number of hydrogen-bond donors (Lipinski definition) is 2. The Balaban J connectivity index is 1.12. The van der Waals surface area contributed by atoms with E-state index in [9.17, 15) is 14.8 Å². The van der Waals surface area contributed by atoms with E-state index >= 15 is 0 Å². The van der Waals surface area contributed by atoms with Crippen LogP contribution in [0.1, 0.15) is 73.4 Å². The first-order valence-corrected chi connectivity index (χ1v) is 12.8. The molecule has 0 radical (unpaired) electrons. The molecule has 0 saturated heterocycles. The number of nitrogens with one attached hydrogen (secondary N) is 1. The zero-order chi connectivity index (χ0) is 24.2. The molecule has 4 aromatic rings. The van der Waals surface area contributed by atoms with E-state index < -0.39 is 17.9 Å². The zero-order valence-electron chi connectivity index (χ0n) is 20.0. The lowest BCUT2D eigenvalue weighted by atomic mass is 9.90. The molecule has 0 amide bonds. The Hall–Kier alpha value is -3.41. The van der Waals surface area contributed by atoms with Crippen LogP contribution in [-0.4, -0.2) is 16.1 Å². The summed E-state index contributed by atoms with van der Waals surface area (Å²) in [6.07, 6.45) is 10.9. The highest BCUT2D eigenvalue weighted by Gasteiger charge is 2.26. The first-order chi connectivity index (χ1) is 17.1. The Kier molecular flexibility index (Phi) is 6.98. The first-order valence-electron chi connectivity index (χ1n) is 12.8. The van der Waals surface area contributed by atoms with Gasteiger partial charge in [0.25, 0.3) is 0 Å². The van der Waals surface area contributed by atoms with Crippen molar-refractivity contribution in [2.45, 2.75) is 70.3 Å². The van der Waals surface area contributed by atoms with Crippen LogP contribution in [0.25, 0.3) is 21.9 Å². The van der Waals surface area contributed by atoms with Gasteiger partial charge in [0, 0.05) is 34.5 Å². The Morgan fingerprint density at radius 3 is 2.77 bits per heavy atom. The maximum Gasteiger partial charge on any atom is 0.306 e. The number of nitroso groups, excluding NO2 is 1. The van der Waals surface area contributed by atoms with E-state index in [4.69, 9.17) is 4.42 Å². The highest BCUT2D eigenvalue weighted by Crippen LogP contribution is 2.36. The fourth-order valence-corrected chi connectivity index (χ4v) is 5.58. The van der Waals surface area contributed by atoms with Gasteiger partial charge in [0.05, 0.1) is 5.92 Å². The van der Waals surface area contributed by atoms with Gasteiger partial charge in [0.1, 0.15) is 17.4 Å². The number of benzene rings is 2. The van der Waals surface area contributed by atoms with Crippen LogP contribution in [0.2, 0.25) is 0 Å². The van der Waals surface area contributed by atoms with Crippen LogP contribution in [0.3, 0.4) is 0 Å². The molecule has 2 aromatic carbocycles. The van der Waals surface area contributed by atoms with E-state index in [-0.39, 0.29) is 6.42 Å². The number of para-hydroxylation sites is 1. The number of unbranched alkanes of at least 4 members (excludes halogenated alkanes) is 3. The highest BCUT2D eigenvalue weighted by molar-refractivity contribution is 5.84. The number of rotatable bonds is 12. The third-order valence-electron chi connectivity index (χ3n) is 7.52. The monoisotopic (exact) mass is 472 g/mol. The van der Waals surface area contributed by atoms with Crippen molar-refractivity contribution in [3.8, 4) is 0 Å². The quantitative estimate of drug-likeness (QED) is 0.165. The molecule has 1 aliphatic carbocycles. The number of nitrogens with zero attached hydrogens (tertiary/aromatic N) is 1. The number of aromatic amines is 1. The van der Waals surface area contributed by atoms with Gasteiger partial charge in [-0.05, 0) is 61.8 Å². The van der Waals surface area contributed by atoms with Crippen LogP contribution in [0.4, 0.5) is 0 Å². The lowest BCUT2D eigenvalue weighted by molar-refractivity contribution is -0.142. The molecule has 2 atom stereocenters. The number of hydrogen-bond acceptors (Lipinski definition) is 4. The fourth-order valence-electron chi connectivity index (χ4n) is 5.58. The Morgan fingerprint density at radius 1 is 1.06 bits per heavy atom. The van der Waals surface area contributed by atoms with E-state index in [0.29, 0.717) is 6.42 Å². The minimum atomic E-state index is -0.851. The fraction of sp³-hybridized carbons (Fsp3) is 0.414. The van der Waals surface area contributed by atoms with Crippen LogP contribution in [0, 0.1) is 10.8 Å². The molecule has 0 bridgehead atoms. The van der Waals surface area contributed by atoms with Crippen LogP contribution in [0.15, 0.2) is 58.3 Å². The summed E-state index contributed by atoms with van der Waals surface area (Å²) < 4.78 is 5.99. The SMILES string of the molecule is O=NC(CC(CCCCCCc1c[nH]c2ccccc12)C(=O)O)c1ccc2c3c(oc2c1)CCC3. The molecule has 182 valence electrons. The molecule has 2 aromatic heterocycles. The van der Waals surface area contributed by atoms with Gasteiger partial charge >= 0.3 is 5.97 Å². The molecule has 5 rings (SSSR count). The molecule has 1 aliphatic rings. The smallest absolute Gasteiger partial charge is 0.306 e. The summed E-state index contributed by atoms with van der Waals surface area (Å²) >= 11 is 0. The third kappa shape index (κ3) is 5.02. The number of fused-ring (bicyclic) bond motifs is 4. The molecular weight excluding hydrogens is 440 g/mol. The zero-order valence-corrected chi connectivity index (χ0v) is 20.0. The van der Waals surface area contributed by atoms with Gasteiger partial charge in [-0.3, -0.25) is 4.79 Å². The summed E-state index contributed by atoms with van der Waals surface area (Å²) in [5, 5.41) is 15.5. The van der Waals surface area contributed by atoms with Gasteiger partial charge in [0.15, 0.2) is 0 Å². The Morgan fingerprint density at radius 2 is 1.91 bits per heavy atom. The van der Waals surface area contributed by atoms with Crippen molar-refractivity contribution in [3.63, 3.8) is 0 Å². The number of furan rings is 1. The Bertz CT molecular complexity index is 1340. The number of aliphatic carboxylic acids is 1. The minimum absolute atomic E-state index is 0.222. The van der Waals surface area contributed by atoms with E-state index in [2.05, 4.69) is 34.6 Å². The summed E-state index contributed by atoms with van der Waals surface area (Å²) in [4.78, 5) is 26.9. The van der Waals surface area contributed by atoms with E-state index in [0.717, 1.165) is 73.7 Å². The predicted molar refractivity (Wildman–Crippen MR) is 138 cm³/mol. The summed E-state index contributed by atoms with van der Waals surface area (Å²) in [5.41, 5.74) is 5.30. The Labute approximate surface area is 204 Å². The van der Waals surface area contributed by atoms with Crippen molar-refractivity contribution >= 4 is 27.8 Å². The molecule has 2 N–H and O–H groups in total. The minimum Gasteiger partial charge on any atom is -0.481 e. The number of carbonyl (C=O) groups is 1.